The van der Waals surface area contributed by atoms with Gasteiger partial charge in [0, 0.05) is 0 Å². The van der Waals surface area contributed by atoms with Crippen LogP contribution in [0.1, 0.15) is 70.8 Å². The lowest BCUT2D eigenvalue weighted by atomic mass is 9.83. The molecule has 0 fully saturated rings. The van der Waals surface area contributed by atoms with Crippen molar-refractivity contribution in [2.24, 2.45) is 0 Å². The first-order valence-corrected chi connectivity index (χ1v) is 8.53. The molecule has 1 aromatic carbocycles. The number of carbonyl (C=O) groups excluding carboxylic acids is 1. The van der Waals surface area contributed by atoms with Crippen molar-refractivity contribution >= 4 is 11.9 Å². The molecule has 4 heteroatoms. The van der Waals surface area contributed by atoms with Crippen molar-refractivity contribution in [3.8, 4) is 0 Å². The molecule has 0 aliphatic heterocycles. The summed E-state index contributed by atoms with van der Waals surface area (Å²) in [4.78, 5) is 22.9. The van der Waals surface area contributed by atoms with Crippen molar-refractivity contribution in [1.82, 2.24) is 0 Å². The Kier molecular flexibility index (Phi) is 8.38. The minimum absolute atomic E-state index is 0.0812. The van der Waals surface area contributed by atoms with Gasteiger partial charge in [-0.25, -0.2) is 0 Å². The SMILES string of the molecule is CCCCC(CCCC)(OC(=O)CCC(=O)O)c1ccccc1. The third-order valence-electron chi connectivity index (χ3n) is 4.02. The first-order chi connectivity index (χ1) is 11.0. The Morgan fingerprint density at radius 1 is 1.00 bits per heavy atom. The number of carbonyl (C=O) groups is 2. The summed E-state index contributed by atoms with van der Waals surface area (Å²) in [5.74, 6) is -1.40. The van der Waals surface area contributed by atoms with Crippen LogP contribution in [0.25, 0.3) is 0 Å². The lowest BCUT2D eigenvalue weighted by molar-refractivity contribution is -0.165. The van der Waals surface area contributed by atoms with Crippen molar-refractivity contribution in [3.63, 3.8) is 0 Å². The minimum Gasteiger partial charge on any atom is -0.481 e. The molecule has 4 nitrogen and oxygen atoms in total. The van der Waals surface area contributed by atoms with Crippen LogP contribution in [-0.4, -0.2) is 17.0 Å². The standard InChI is InChI=1S/C19H28O4/c1-3-5-14-19(15-6-4-2,16-10-8-7-9-11-16)23-18(22)13-12-17(20)21/h7-11H,3-6,12-15H2,1-2H3,(H,20,21). The average molecular weight is 320 g/mol. The van der Waals surface area contributed by atoms with Crippen molar-refractivity contribution in [2.45, 2.75) is 70.8 Å². The molecule has 0 saturated heterocycles. The Hall–Kier alpha value is -1.84. The quantitative estimate of drug-likeness (QED) is 0.602. The highest BCUT2D eigenvalue weighted by Gasteiger charge is 2.35. The molecule has 1 rings (SSSR count). The number of hydrogen-bond acceptors (Lipinski definition) is 3. The largest absolute Gasteiger partial charge is 0.481 e. The van der Waals surface area contributed by atoms with Gasteiger partial charge in [-0.15, -0.1) is 0 Å². The number of rotatable bonds is 11. The second-order valence-electron chi connectivity index (χ2n) is 5.94. The molecule has 0 unspecified atom stereocenters. The Morgan fingerprint density at radius 3 is 2.04 bits per heavy atom. The molecule has 0 aliphatic carbocycles. The molecule has 0 aliphatic rings. The molecule has 23 heavy (non-hydrogen) atoms. The molecule has 0 aromatic heterocycles. The van der Waals surface area contributed by atoms with E-state index < -0.39 is 17.5 Å². The predicted octanol–water partition coefficient (Wildman–Crippen LogP) is 4.67. The van der Waals surface area contributed by atoms with Crippen LogP contribution < -0.4 is 0 Å². The maximum atomic E-state index is 12.2. The molecule has 0 bridgehead atoms. The van der Waals surface area contributed by atoms with Crippen molar-refractivity contribution in [2.75, 3.05) is 0 Å². The van der Waals surface area contributed by atoms with Gasteiger partial charge in [-0.2, -0.15) is 0 Å². The molecule has 0 atom stereocenters. The van der Waals surface area contributed by atoms with Crippen LogP contribution in [0.3, 0.4) is 0 Å². The van der Waals surface area contributed by atoms with E-state index in [0.717, 1.165) is 44.1 Å². The highest BCUT2D eigenvalue weighted by Crippen LogP contribution is 2.37. The number of esters is 1. The van der Waals surface area contributed by atoms with Gasteiger partial charge >= 0.3 is 11.9 Å². The van der Waals surface area contributed by atoms with Crippen molar-refractivity contribution < 1.29 is 19.4 Å². The molecule has 1 aromatic rings. The maximum Gasteiger partial charge on any atom is 0.307 e. The highest BCUT2D eigenvalue weighted by molar-refractivity contribution is 5.76. The van der Waals surface area contributed by atoms with Crippen LogP contribution in [0.5, 0.6) is 0 Å². The zero-order valence-corrected chi connectivity index (χ0v) is 14.2. The van der Waals surface area contributed by atoms with Gasteiger partial charge in [0.25, 0.3) is 0 Å². The fraction of sp³-hybridized carbons (Fsp3) is 0.579. The van der Waals surface area contributed by atoms with Crippen LogP contribution in [0.2, 0.25) is 0 Å². The Labute approximate surface area is 138 Å². The second-order valence-corrected chi connectivity index (χ2v) is 5.94. The van der Waals surface area contributed by atoms with Gasteiger partial charge < -0.3 is 9.84 Å². The van der Waals surface area contributed by atoms with E-state index in [1.807, 2.05) is 30.3 Å². The molecule has 0 amide bonds. The molecule has 0 heterocycles. The lowest BCUT2D eigenvalue weighted by Crippen LogP contribution is -2.33. The van der Waals surface area contributed by atoms with E-state index in [2.05, 4.69) is 13.8 Å². The molecule has 0 radical (unpaired) electrons. The number of ether oxygens (including phenoxy) is 1. The van der Waals surface area contributed by atoms with Crippen LogP contribution in [0.4, 0.5) is 0 Å². The number of unbranched alkanes of at least 4 members (excludes halogenated alkanes) is 2. The summed E-state index contributed by atoms with van der Waals surface area (Å²) in [6.45, 7) is 4.23. The Balaban J connectivity index is 3.00. The fourth-order valence-electron chi connectivity index (χ4n) is 2.72. The third-order valence-corrected chi connectivity index (χ3v) is 4.02. The smallest absolute Gasteiger partial charge is 0.307 e. The van der Waals surface area contributed by atoms with Gasteiger partial charge in [-0.05, 0) is 31.2 Å². The highest BCUT2D eigenvalue weighted by atomic mass is 16.6. The van der Waals surface area contributed by atoms with E-state index in [9.17, 15) is 9.59 Å². The van der Waals surface area contributed by atoms with E-state index in [4.69, 9.17) is 9.84 Å². The maximum absolute atomic E-state index is 12.2. The van der Waals surface area contributed by atoms with Gasteiger partial charge in [0.1, 0.15) is 5.60 Å². The summed E-state index contributed by atoms with van der Waals surface area (Å²) in [6, 6.07) is 9.84. The third kappa shape index (κ3) is 6.43. The average Bonchev–Trinajstić information content (AvgIpc) is 2.56. The monoisotopic (exact) mass is 320 g/mol. The molecular weight excluding hydrogens is 292 g/mol. The number of carboxylic acid groups (broad SMARTS) is 1. The summed E-state index contributed by atoms with van der Waals surface area (Å²) >= 11 is 0. The van der Waals surface area contributed by atoms with E-state index in [1.54, 1.807) is 0 Å². The van der Waals surface area contributed by atoms with Crippen LogP contribution >= 0.6 is 0 Å². The normalized spacial score (nSPS) is 11.2. The van der Waals surface area contributed by atoms with Crippen LogP contribution in [0, 0.1) is 0 Å². The number of carboxylic acids is 1. The van der Waals surface area contributed by atoms with E-state index in [1.165, 1.54) is 0 Å². The van der Waals surface area contributed by atoms with E-state index in [0.29, 0.717) is 0 Å². The zero-order chi connectivity index (χ0) is 17.1. The summed E-state index contributed by atoms with van der Waals surface area (Å²) in [6.07, 6.45) is 5.24. The first-order valence-electron chi connectivity index (χ1n) is 8.53. The lowest BCUT2D eigenvalue weighted by Gasteiger charge is -2.34. The first kappa shape index (κ1) is 19.2. The number of benzene rings is 1. The summed E-state index contributed by atoms with van der Waals surface area (Å²) in [7, 11) is 0. The van der Waals surface area contributed by atoms with Crippen LogP contribution in [-0.2, 0) is 19.9 Å². The summed E-state index contributed by atoms with van der Waals surface area (Å²) in [5.41, 5.74) is 0.369. The van der Waals surface area contributed by atoms with Crippen molar-refractivity contribution in [3.05, 3.63) is 35.9 Å². The van der Waals surface area contributed by atoms with E-state index >= 15 is 0 Å². The zero-order valence-electron chi connectivity index (χ0n) is 14.2. The fourth-order valence-corrected chi connectivity index (χ4v) is 2.72. The van der Waals surface area contributed by atoms with Gasteiger partial charge in [0.15, 0.2) is 0 Å². The van der Waals surface area contributed by atoms with Gasteiger partial charge in [-0.1, -0.05) is 57.0 Å². The van der Waals surface area contributed by atoms with Gasteiger partial charge in [0.05, 0.1) is 12.8 Å². The van der Waals surface area contributed by atoms with E-state index in [-0.39, 0.29) is 12.8 Å². The minimum atomic E-state index is -0.977. The topological polar surface area (TPSA) is 63.6 Å². The second kappa shape index (κ2) is 10.0. The molecule has 0 spiro atoms. The molecular formula is C19H28O4. The molecule has 1 N–H and O–H groups in total. The van der Waals surface area contributed by atoms with Crippen LogP contribution in [0.15, 0.2) is 30.3 Å². The predicted molar refractivity (Wildman–Crippen MR) is 90.1 cm³/mol. The Morgan fingerprint density at radius 2 is 1.57 bits per heavy atom. The summed E-state index contributed by atoms with van der Waals surface area (Å²) in [5, 5.41) is 8.75. The number of aliphatic carboxylic acids is 1. The van der Waals surface area contributed by atoms with Crippen molar-refractivity contribution in [1.29, 1.82) is 0 Å². The van der Waals surface area contributed by atoms with Gasteiger partial charge in [-0.3, -0.25) is 9.59 Å². The van der Waals surface area contributed by atoms with Gasteiger partial charge in [0.2, 0.25) is 0 Å². The number of hydrogen-bond donors (Lipinski definition) is 1. The molecule has 0 saturated carbocycles. The summed E-state index contributed by atoms with van der Waals surface area (Å²) < 4.78 is 5.88. The molecule has 128 valence electrons. The Bertz CT molecular complexity index is 473.